The Bertz CT molecular complexity index is 2180. The maximum absolute atomic E-state index is 15.0. The van der Waals surface area contributed by atoms with Crippen LogP contribution in [-0.4, -0.2) is 67.4 Å². The minimum absolute atomic E-state index is 0.0195. The van der Waals surface area contributed by atoms with Crippen molar-refractivity contribution in [1.82, 2.24) is 0 Å². The number of aliphatic hydroxyl groups excluding tert-OH is 1. The normalized spacial score (nSPS) is 14.0. The van der Waals surface area contributed by atoms with Crippen molar-refractivity contribution in [2.75, 3.05) is 21.3 Å². The molecule has 0 aliphatic rings. The molecule has 16 heteroatoms. The fourth-order valence-corrected chi connectivity index (χ4v) is 6.15. The maximum atomic E-state index is 15.0. The Morgan fingerprint density at radius 2 is 1.20 bits per heavy atom. The summed E-state index contributed by atoms with van der Waals surface area (Å²) in [6.45, 7) is 2.63. The molecule has 5 aromatic rings. The van der Waals surface area contributed by atoms with E-state index in [-0.39, 0.29) is 41.8 Å². The van der Waals surface area contributed by atoms with Gasteiger partial charge in [0.05, 0.1) is 52.2 Å². The summed E-state index contributed by atoms with van der Waals surface area (Å²) in [6.07, 6.45) is -7.01. The van der Waals surface area contributed by atoms with Gasteiger partial charge in [-0.15, -0.1) is 0 Å². The molecule has 61 heavy (non-hydrogen) atoms. The third kappa shape index (κ3) is 12.9. The first-order valence-electron chi connectivity index (χ1n) is 18.8. The van der Waals surface area contributed by atoms with Crippen molar-refractivity contribution >= 4 is 29.4 Å². The van der Waals surface area contributed by atoms with E-state index in [4.69, 9.17) is 54.2 Å². The number of non-ortho nitro benzene ring substituents is 1. The molecular weight excluding hydrogens is 814 g/mol. The number of halogens is 1. The van der Waals surface area contributed by atoms with E-state index in [1.807, 2.05) is 0 Å². The van der Waals surface area contributed by atoms with E-state index in [9.17, 15) is 24.8 Å². The summed E-state index contributed by atoms with van der Waals surface area (Å²) in [7, 11) is 4.63. The number of carbonyl (C=O) groups excluding carboxylic acids is 2. The molecule has 0 aliphatic carbocycles. The van der Waals surface area contributed by atoms with Gasteiger partial charge in [0.2, 0.25) is 0 Å². The van der Waals surface area contributed by atoms with Gasteiger partial charge in [-0.1, -0.05) is 60.1 Å². The molecule has 0 fully saturated rings. The van der Waals surface area contributed by atoms with Crippen LogP contribution in [0.4, 0.5) is 10.5 Å². The second kappa shape index (κ2) is 21.9. The van der Waals surface area contributed by atoms with Crippen molar-refractivity contribution < 1.29 is 62.3 Å². The number of benzene rings is 5. The molecular formula is C45H46ClNO14. The van der Waals surface area contributed by atoms with Crippen molar-refractivity contribution in [3.8, 4) is 23.0 Å². The Kier molecular flexibility index (Phi) is 16.4. The predicted octanol–water partition coefficient (Wildman–Crippen LogP) is 8.56. The minimum atomic E-state index is -2.13. The first kappa shape index (κ1) is 45.8. The van der Waals surface area contributed by atoms with Crippen LogP contribution in [0.25, 0.3) is 0 Å². The summed E-state index contributed by atoms with van der Waals surface area (Å²) in [5.41, 5.74) is -0.174. The average Bonchev–Trinajstić information content (AvgIpc) is 3.26. The van der Waals surface area contributed by atoms with E-state index in [1.54, 1.807) is 99.1 Å². The lowest BCUT2D eigenvalue weighted by Gasteiger charge is -2.41. The van der Waals surface area contributed by atoms with E-state index in [2.05, 4.69) is 0 Å². The Morgan fingerprint density at radius 3 is 1.67 bits per heavy atom. The molecule has 5 aromatic carbocycles. The number of aliphatic hydroxyl groups is 1. The molecule has 5 rings (SSSR count). The molecule has 0 heterocycles. The van der Waals surface area contributed by atoms with Crippen LogP contribution in [0.15, 0.2) is 121 Å². The zero-order valence-corrected chi connectivity index (χ0v) is 34.8. The van der Waals surface area contributed by atoms with Gasteiger partial charge >= 0.3 is 12.1 Å². The van der Waals surface area contributed by atoms with E-state index >= 15 is 0 Å². The quantitative estimate of drug-likeness (QED) is 0.0244. The molecule has 322 valence electrons. The lowest BCUT2D eigenvalue weighted by molar-refractivity contribution is -0.384. The average molecular weight is 860 g/mol. The largest absolute Gasteiger partial charge is 0.517 e. The molecule has 0 saturated heterocycles. The summed E-state index contributed by atoms with van der Waals surface area (Å²) in [5.74, 6) is 0.662. The van der Waals surface area contributed by atoms with Crippen molar-refractivity contribution in [3.63, 3.8) is 0 Å². The van der Waals surface area contributed by atoms with Crippen molar-refractivity contribution in [1.29, 1.82) is 0 Å². The number of hydrogen-bond acceptors (Lipinski definition) is 14. The van der Waals surface area contributed by atoms with Crippen molar-refractivity contribution in [3.05, 3.63) is 159 Å². The highest BCUT2D eigenvalue weighted by Gasteiger charge is 2.52. The number of carbonyl (C=O) groups is 2. The highest BCUT2D eigenvalue weighted by atomic mass is 35.5. The molecule has 0 amide bonds. The number of esters is 1. The first-order chi connectivity index (χ1) is 29.3. The summed E-state index contributed by atoms with van der Waals surface area (Å²) < 4.78 is 52.3. The van der Waals surface area contributed by atoms with Crippen LogP contribution in [0.3, 0.4) is 0 Å². The SMILES string of the molecule is COc1ccc(CO[C@H]([C@@H](C)O)[C@H](OCc2ccc(OC)cc2)[C@@](C)(OCc2ccc(OC)cc2)C(=O)OC(OC(=O)Oc2ccc([N+](=O)[O-])cc2)c2cccc(Cl)c2)cc1. The Hall–Kier alpha value is -6.23. The third-order valence-electron chi connectivity index (χ3n) is 9.40. The Balaban J connectivity index is 1.54. The van der Waals surface area contributed by atoms with Crippen molar-refractivity contribution in [2.24, 2.45) is 0 Å². The molecule has 5 atom stereocenters. The van der Waals surface area contributed by atoms with Gasteiger partial charge in [-0.2, -0.15) is 0 Å². The molecule has 1 unspecified atom stereocenters. The van der Waals surface area contributed by atoms with Crippen LogP contribution in [0.2, 0.25) is 5.02 Å². The number of nitro groups is 1. The standard InChI is InChI=1S/C45H46ClNO14/c1-29(48)40(56-26-30-9-17-36(53-3)18-10-30)41(57-27-31-11-19-37(54-4)20-12-31)45(2,58-28-32-13-21-38(55-5)22-14-32)43(49)60-42(33-7-6-8-34(46)25-33)61-44(50)59-39-23-15-35(16-24-39)47(51)52/h6-25,29,40-42,48H,26-28H2,1-5H3/t29-,40-,41+,42?,45-/m1/s1. The molecule has 0 radical (unpaired) electrons. The molecule has 0 saturated carbocycles. The number of methoxy groups -OCH3 is 3. The molecule has 0 spiro atoms. The lowest BCUT2D eigenvalue weighted by atomic mass is 9.91. The summed E-state index contributed by atoms with van der Waals surface area (Å²) >= 11 is 6.33. The van der Waals surface area contributed by atoms with Crippen LogP contribution >= 0.6 is 11.6 Å². The van der Waals surface area contributed by atoms with Gasteiger partial charge in [0, 0.05) is 22.7 Å². The molecule has 15 nitrogen and oxygen atoms in total. The summed E-state index contributed by atoms with van der Waals surface area (Å²) in [5, 5.41) is 22.8. The summed E-state index contributed by atoms with van der Waals surface area (Å²) in [4.78, 5) is 38.8. The van der Waals surface area contributed by atoms with Crippen LogP contribution < -0.4 is 18.9 Å². The van der Waals surface area contributed by atoms with Gasteiger partial charge in [0.1, 0.15) is 35.2 Å². The highest BCUT2D eigenvalue weighted by molar-refractivity contribution is 6.30. The zero-order valence-electron chi connectivity index (χ0n) is 34.1. The second-order valence-corrected chi connectivity index (χ2v) is 14.1. The summed E-state index contributed by atoms with van der Waals surface area (Å²) in [6, 6.07) is 31.8. The minimum Gasteiger partial charge on any atom is -0.497 e. The topological polar surface area (TPSA) is 181 Å². The van der Waals surface area contributed by atoms with Gasteiger partial charge in [0.15, 0.2) is 5.60 Å². The number of hydrogen-bond donors (Lipinski definition) is 1. The van der Waals surface area contributed by atoms with Gasteiger partial charge in [0.25, 0.3) is 12.0 Å². The van der Waals surface area contributed by atoms with Crippen molar-refractivity contribution in [2.45, 2.75) is 63.9 Å². The smallest absolute Gasteiger partial charge is 0.497 e. The fraction of sp³-hybridized carbons (Fsp3) is 0.289. The monoisotopic (exact) mass is 859 g/mol. The lowest BCUT2D eigenvalue weighted by Crippen LogP contribution is -2.59. The van der Waals surface area contributed by atoms with E-state index < -0.39 is 47.3 Å². The van der Waals surface area contributed by atoms with Crippen LogP contribution in [-0.2, 0) is 48.3 Å². The molecule has 0 bridgehead atoms. The van der Waals surface area contributed by atoms with Crippen LogP contribution in [0, 0.1) is 10.1 Å². The second-order valence-electron chi connectivity index (χ2n) is 13.7. The van der Waals surface area contributed by atoms with E-state index in [0.29, 0.717) is 28.4 Å². The number of ether oxygens (including phenoxy) is 9. The van der Waals surface area contributed by atoms with Gasteiger partial charge in [-0.05, 0) is 91.2 Å². The fourth-order valence-electron chi connectivity index (χ4n) is 5.95. The maximum Gasteiger partial charge on any atom is 0.517 e. The van der Waals surface area contributed by atoms with E-state index in [0.717, 1.165) is 17.7 Å². The number of nitro benzene ring substituents is 1. The van der Waals surface area contributed by atoms with Crippen LogP contribution in [0.1, 0.15) is 42.4 Å². The van der Waals surface area contributed by atoms with Gasteiger partial charge in [-0.25, -0.2) is 9.59 Å². The number of nitrogens with zero attached hydrogens (tertiary/aromatic N) is 1. The predicted molar refractivity (Wildman–Crippen MR) is 222 cm³/mol. The first-order valence-corrected chi connectivity index (χ1v) is 19.2. The Labute approximate surface area is 357 Å². The van der Waals surface area contributed by atoms with Gasteiger partial charge in [-0.3, -0.25) is 10.1 Å². The molecule has 1 N–H and O–H groups in total. The molecule has 0 aromatic heterocycles. The van der Waals surface area contributed by atoms with Gasteiger partial charge < -0.3 is 47.7 Å². The number of rotatable bonds is 21. The molecule has 0 aliphatic heterocycles. The zero-order chi connectivity index (χ0) is 43.9. The van der Waals surface area contributed by atoms with E-state index in [1.165, 1.54) is 45.2 Å². The van der Waals surface area contributed by atoms with Crippen LogP contribution in [0.5, 0.6) is 23.0 Å². The third-order valence-corrected chi connectivity index (χ3v) is 9.63. The highest BCUT2D eigenvalue weighted by Crippen LogP contribution is 2.34. The Morgan fingerprint density at radius 1 is 0.705 bits per heavy atom.